The zero-order valence-electron chi connectivity index (χ0n) is 11.3. The maximum absolute atomic E-state index is 12.4. The van der Waals surface area contributed by atoms with Gasteiger partial charge >= 0.3 is 6.18 Å². The molecule has 2 heterocycles. The highest BCUT2D eigenvalue weighted by Gasteiger charge is 2.32. The number of hydrogen-bond acceptors (Lipinski definition) is 3. The van der Waals surface area contributed by atoms with Crippen LogP contribution in [0, 0.1) is 0 Å². The Hall–Kier alpha value is -1.54. The van der Waals surface area contributed by atoms with E-state index >= 15 is 0 Å². The highest BCUT2D eigenvalue weighted by molar-refractivity contribution is 5.92. The number of nitrogens with one attached hydrogen (secondary N) is 1. The maximum Gasteiger partial charge on any atom is 0.406 e. The number of hydrogen-bond donors (Lipinski definition) is 2. The van der Waals surface area contributed by atoms with Crippen molar-refractivity contribution in [2.75, 3.05) is 19.8 Å². The van der Waals surface area contributed by atoms with Crippen LogP contribution in [0.15, 0.2) is 18.3 Å². The number of amides is 1. The van der Waals surface area contributed by atoms with Gasteiger partial charge in [-0.15, -0.1) is 0 Å². The van der Waals surface area contributed by atoms with Gasteiger partial charge in [-0.25, -0.2) is 0 Å². The Morgan fingerprint density at radius 1 is 1.43 bits per heavy atom. The molecule has 0 saturated carbocycles. The van der Waals surface area contributed by atoms with Gasteiger partial charge < -0.3 is 19.7 Å². The van der Waals surface area contributed by atoms with Crippen LogP contribution in [0.1, 0.15) is 23.3 Å². The predicted octanol–water partition coefficient (Wildman–Crippen LogP) is 1.32. The Morgan fingerprint density at radius 2 is 2.10 bits per heavy atom. The number of alkyl halides is 3. The van der Waals surface area contributed by atoms with Gasteiger partial charge in [0.15, 0.2) is 0 Å². The summed E-state index contributed by atoms with van der Waals surface area (Å²) in [6.07, 6.45) is -2.42. The van der Waals surface area contributed by atoms with E-state index in [2.05, 4.69) is 5.32 Å². The van der Waals surface area contributed by atoms with Crippen molar-refractivity contribution in [3.8, 4) is 0 Å². The summed E-state index contributed by atoms with van der Waals surface area (Å²) < 4.78 is 43.1. The Morgan fingerprint density at radius 3 is 2.71 bits per heavy atom. The molecular weight excluding hydrogens is 289 g/mol. The largest absolute Gasteiger partial charge is 0.406 e. The van der Waals surface area contributed by atoms with Crippen molar-refractivity contribution < 1.29 is 27.8 Å². The molecule has 0 bridgehead atoms. The van der Waals surface area contributed by atoms with E-state index in [1.807, 2.05) is 0 Å². The molecule has 8 heteroatoms. The first-order chi connectivity index (χ1) is 9.79. The van der Waals surface area contributed by atoms with Crippen LogP contribution in [0.3, 0.4) is 0 Å². The first-order valence-electron chi connectivity index (χ1n) is 6.59. The Bertz CT molecular complexity index is 493. The van der Waals surface area contributed by atoms with Gasteiger partial charge in [0.25, 0.3) is 5.91 Å². The normalized spacial score (nSPS) is 18.5. The third-order valence-electron chi connectivity index (χ3n) is 3.41. The van der Waals surface area contributed by atoms with E-state index in [-0.39, 0.29) is 12.2 Å². The summed E-state index contributed by atoms with van der Waals surface area (Å²) >= 11 is 0. The lowest BCUT2D eigenvalue weighted by molar-refractivity contribution is -0.140. The summed E-state index contributed by atoms with van der Waals surface area (Å²) in [5, 5.41) is 12.7. The molecule has 118 valence electrons. The number of rotatable bonds is 4. The summed E-state index contributed by atoms with van der Waals surface area (Å²) in [6, 6.07) is 2.69. The van der Waals surface area contributed by atoms with Crippen molar-refractivity contribution >= 4 is 5.91 Å². The molecule has 0 aromatic carbocycles. The van der Waals surface area contributed by atoms with Crippen molar-refractivity contribution in [1.82, 2.24) is 9.88 Å². The maximum atomic E-state index is 12.4. The zero-order valence-corrected chi connectivity index (χ0v) is 11.3. The van der Waals surface area contributed by atoms with Crippen LogP contribution < -0.4 is 5.32 Å². The standard InChI is InChI=1S/C13H17F3N2O3/c14-13(15,16)9-18-5-1-2-10(18)11(19)17-8-12(20)3-6-21-7-4-12/h1-2,5,20H,3-4,6-9H2,(H,17,19). The molecule has 0 radical (unpaired) electrons. The van der Waals surface area contributed by atoms with Crippen molar-refractivity contribution in [2.24, 2.45) is 0 Å². The van der Waals surface area contributed by atoms with Crippen LogP contribution in [-0.4, -0.2) is 47.1 Å². The second-order valence-corrected chi connectivity index (χ2v) is 5.16. The molecule has 0 unspecified atom stereocenters. The van der Waals surface area contributed by atoms with Crippen LogP contribution in [-0.2, 0) is 11.3 Å². The van der Waals surface area contributed by atoms with E-state index in [9.17, 15) is 23.1 Å². The number of nitrogens with zero attached hydrogens (tertiary/aromatic N) is 1. The van der Waals surface area contributed by atoms with E-state index < -0.39 is 24.2 Å². The fourth-order valence-electron chi connectivity index (χ4n) is 2.21. The van der Waals surface area contributed by atoms with Crippen LogP contribution in [0.5, 0.6) is 0 Å². The molecule has 1 aliphatic heterocycles. The molecule has 0 spiro atoms. The van der Waals surface area contributed by atoms with Gasteiger partial charge in [-0.3, -0.25) is 4.79 Å². The molecule has 0 aliphatic carbocycles. The second kappa shape index (κ2) is 6.07. The predicted molar refractivity (Wildman–Crippen MR) is 67.8 cm³/mol. The quantitative estimate of drug-likeness (QED) is 0.882. The SMILES string of the molecule is O=C(NCC1(O)CCOCC1)c1cccn1CC(F)(F)F. The highest BCUT2D eigenvalue weighted by Crippen LogP contribution is 2.21. The Balaban J connectivity index is 1.96. The zero-order chi connectivity index (χ0) is 15.5. The average Bonchev–Trinajstić information content (AvgIpc) is 2.83. The Kier molecular flexibility index (Phi) is 4.58. The number of halogens is 3. The first kappa shape index (κ1) is 15.8. The van der Waals surface area contributed by atoms with Gasteiger partial charge in [0.05, 0.1) is 5.60 Å². The van der Waals surface area contributed by atoms with E-state index in [1.165, 1.54) is 18.3 Å². The monoisotopic (exact) mass is 306 g/mol. The first-order valence-corrected chi connectivity index (χ1v) is 6.59. The van der Waals surface area contributed by atoms with Crippen molar-refractivity contribution in [2.45, 2.75) is 31.2 Å². The third-order valence-corrected chi connectivity index (χ3v) is 3.41. The molecule has 0 atom stereocenters. The van der Waals surface area contributed by atoms with E-state index in [0.29, 0.717) is 26.1 Å². The van der Waals surface area contributed by atoms with Gasteiger partial charge in [0, 0.05) is 38.8 Å². The number of ether oxygens (including phenoxy) is 1. The number of aromatic nitrogens is 1. The lowest BCUT2D eigenvalue weighted by Crippen LogP contribution is -2.47. The molecule has 1 aromatic rings. The second-order valence-electron chi connectivity index (χ2n) is 5.16. The molecular formula is C13H17F3N2O3. The summed E-state index contributed by atoms with van der Waals surface area (Å²) in [5.74, 6) is -0.635. The smallest absolute Gasteiger partial charge is 0.388 e. The molecule has 2 rings (SSSR count). The Labute approximate surface area is 119 Å². The highest BCUT2D eigenvalue weighted by atomic mass is 19.4. The summed E-state index contributed by atoms with van der Waals surface area (Å²) in [4.78, 5) is 12.0. The molecule has 21 heavy (non-hydrogen) atoms. The van der Waals surface area contributed by atoms with E-state index in [1.54, 1.807) is 0 Å². The van der Waals surface area contributed by atoms with Gasteiger partial charge in [-0.2, -0.15) is 13.2 Å². The van der Waals surface area contributed by atoms with Crippen LogP contribution >= 0.6 is 0 Å². The minimum atomic E-state index is -4.40. The molecule has 1 saturated heterocycles. The fourth-order valence-corrected chi connectivity index (χ4v) is 2.21. The molecule has 1 amide bonds. The number of carbonyl (C=O) groups is 1. The van der Waals surface area contributed by atoms with Gasteiger partial charge in [0.1, 0.15) is 12.2 Å². The molecule has 5 nitrogen and oxygen atoms in total. The summed E-state index contributed by atoms with van der Waals surface area (Å²) in [5.41, 5.74) is -1.14. The van der Waals surface area contributed by atoms with Crippen molar-refractivity contribution in [3.05, 3.63) is 24.0 Å². The minimum absolute atomic E-state index is 0.00755. The van der Waals surface area contributed by atoms with E-state index in [4.69, 9.17) is 4.74 Å². The fraction of sp³-hybridized carbons (Fsp3) is 0.615. The van der Waals surface area contributed by atoms with Gasteiger partial charge in [0.2, 0.25) is 0 Å². The molecule has 1 fully saturated rings. The molecule has 1 aromatic heterocycles. The molecule has 2 N–H and O–H groups in total. The minimum Gasteiger partial charge on any atom is -0.388 e. The third kappa shape index (κ3) is 4.47. The van der Waals surface area contributed by atoms with E-state index in [0.717, 1.165) is 4.57 Å². The lowest BCUT2D eigenvalue weighted by Gasteiger charge is -2.32. The summed E-state index contributed by atoms with van der Waals surface area (Å²) in [6.45, 7) is -0.430. The van der Waals surface area contributed by atoms with Crippen molar-refractivity contribution in [3.63, 3.8) is 0 Å². The van der Waals surface area contributed by atoms with Crippen LogP contribution in [0.25, 0.3) is 0 Å². The van der Waals surface area contributed by atoms with Crippen LogP contribution in [0.4, 0.5) is 13.2 Å². The van der Waals surface area contributed by atoms with Gasteiger partial charge in [-0.05, 0) is 12.1 Å². The van der Waals surface area contributed by atoms with Crippen molar-refractivity contribution in [1.29, 1.82) is 0 Å². The summed E-state index contributed by atoms with van der Waals surface area (Å²) in [7, 11) is 0. The molecule has 1 aliphatic rings. The number of carbonyl (C=O) groups excluding carboxylic acids is 1. The van der Waals surface area contributed by atoms with Gasteiger partial charge in [-0.1, -0.05) is 0 Å². The average molecular weight is 306 g/mol. The van der Waals surface area contributed by atoms with Crippen LogP contribution in [0.2, 0.25) is 0 Å². The lowest BCUT2D eigenvalue weighted by atomic mass is 9.94. The number of aliphatic hydroxyl groups is 1. The topological polar surface area (TPSA) is 63.5 Å².